The molecule has 2 aliphatic carbocycles. The highest BCUT2D eigenvalue weighted by Gasteiger charge is 2.37. The van der Waals surface area contributed by atoms with Gasteiger partial charge < -0.3 is 14.5 Å². The van der Waals surface area contributed by atoms with E-state index in [-0.39, 0.29) is 5.97 Å². The van der Waals surface area contributed by atoms with Gasteiger partial charge in [-0.1, -0.05) is 25.5 Å². The summed E-state index contributed by atoms with van der Waals surface area (Å²) in [6.07, 6.45) is 8.02. The van der Waals surface area contributed by atoms with Crippen LogP contribution in [0.3, 0.4) is 0 Å². The number of carbonyl (C=O) groups excluding carboxylic acids is 1. The van der Waals surface area contributed by atoms with Gasteiger partial charge in [0.15, 0.2) is 0 Å². The normalized spacial score (nSPS) is 19.9. The van der Waals surface area contributed by atoms with Crippen molar-refractivity contribution in [3.63, 3.8) is 0 Å². The maximum Gasteiger partial charge on any atom is 0.337 e. The number of hydrogen-bond donors (Lipinski definition) is 1. The molecule has 0 atom stereocenters. The van der Waals surface area contributed by atoms with Gasteiger partial charge in [0, 0.05) is 0 Å². The Morgan fingerprint density at radius 1 is 1.12 bits per heavy atom. The Balaban J connectivity index is 2.02. The lowest BCUT2D eigenvalue weighted by Gasteiger charge is -2.39. The van der Waals surface area contributed by atoms with E-state index >= 15 is 0 Å². The Labute approximate surface area is 195 Å². The molecule has 2 aliphatic rings. The Morgan fingerprint density at radius 2 is 1.78 bits per heavy atom. The van der Waals surface area contributed by atoms with Gasteiger partial charge in [-0.15, -0.1) is 0 Å². The number of hydrogen-bond acceptors (Lipinski definition) is 4. The molecule has 5 heteroatoms. The summed E-state index contributed by atoms with van der Waals surface area (Å²) in [4.78, 5) is 12.1. The van der Waals surface area contributed by atoms with E-state index in [1.165, 1.54) is 55.0 Å². The minimum atomic E-state index is -0.953. The highest BCUT2D eigenvalue weighted by atomic mass is 16.5. The Hall–Kier alpha value is -1.59. The fourth-order valence-electron chi connectivity index (χ4n) is 4.93. The van der Waals surface area contributed by atoms with E-state index < -0.39 is 11.2 Å². The second-order valence-electron chi connectivity index (χ2n) is 11.5. The van der Waals surface area contributed by atoms with Crippen LogP contribution in [-0.2, 0) is 15.8 Å². The molecule has 0 radical (unpaired) electrons. The molecule has 1 aromatic rings. The van der Waals surface area contributed by atoms with Crippen LogP contribution >= 0.6 is 0 Å². The Bertz CT molecular complexity index is 866. The first-order chi connectivity index (χ1) is 14.8. The van der Waals surface area contributed by atoms with Crippen molar-refractivity contribution in [2.75, 3.05) is 7.11 Å². The van der Waals surface area contributed by atoms with Crippen LogP contribution in [0.15, 0.2) is 23.8 Å². The van der Waals surface area contributed by atoms with Gasteiger partial charge in [-0.2, -0.15) is 0 Å². The molecule has 1 fully saturated rings. The lowest BCUT2D eigenvalue weighted by atomic mass is 9.66. The molecule has 32 heavy (non-hydrogen) atoms. The molecule has 0 amide bonds. The zero-order valence-electron chi connectivity index (χ0n) is 21.1. The van der Waals surface area contributed by atoms with Crippen molar-refractivity contribution in [3.8, 4) is 0 Å². The number of esters is 1. The summed E-state index contributed by atoms with van der Waals surface area (Å²) in [6.45, 7) is 12.3. The first kappa shape index (κ1) is 25.0. The third-order valence-electron chi connectivity index (χ3n) is 8.01. The van der Waals surface area contributed by atoms with Crippen LogP contribution in [0.1, 0.15) is 102 Å². The SMILES string of the molecule is COC(=O)c1ccc2c(c1)CCCC(C1CCC(C)(C)CC1)=C2BOC(C)(C)C(C)(C)O. The highest BCUT2D eigenvalue weighted by Crippen LogP contribution is 2.45. The minimum absolute atomic E-state index is 0.295. The lowest BCUT2D eigenvalue weighted by molar-refractivity contribution is -0.0892. The molecule has 0 heterocycles. The minimum Gasteiger partial charge on any atom is -0.465 e. The molecular formula is C27H41BO4. The van der Waals surface area contributed by atoms with Gasteiger partial charge in [-0.25, -0.2) is 4.79 Å². The van der Waals surface area contributed by atoms with Crippen LogP contribution in [0.5, 0.6) is 0 Å². The maximum absolute atomic E-state index is 12.1. The van der Waals surface area contributed by atoms with Gasteiger partial charge in [0.1, 0.15) is 0 Å². The van der Waals surface area contributed by atoms with Crippen molar-refractivity contribution in [1.82, 2.24) is 0 Å². The molecule has 0 bridgehead atoms. The molecule has 0 saturated heterocycles. The smallest absolute Gasteiger partial charge is 0.337 e. The lowest BCUT2D eigenvalue weighted by Crippen LogP contribution is -2.48. The number of benzene rings is 1. The van der Waals surface area contributed by atoms with Crippen molar-refractivity contribution < 1.29 is 19.3 Å². The second kappa shape index (κ2) is 9.34. The molecule has 3 rings (SSSR count). The Kier molecular flexibility index (Phi) is 7.31. The van der Waals surface area contributed by atoms with Gasteiger partial charge in [0.05, 0.1) is 23.9 Å². The number of ether oxygens (including phenoxy) is 1. The summed E-state index contributed by atoms with van der Waals surface area (Å²) < 4.78 is 11.4. The highest BCUT2D eigenvalue weighted by molar-refractivity contribution is 6.56. The van der Waals surface area contributed by atoms with Gasteiger partial charge in [-0.05, 0) is 113 Å². The molecular weight excluding hydrogens is 399 g/mol. The van der Waals surface area contributed by atoms with Crippen molar-refractivity contribution in [2.24, 2.45) is 11.3 Å². The zero-order valence-corrected chi connectivity index (χ0v) is 21.1. The number of allylic oxidation sites excluding steroid dienone is 1. The first-order valence-electron chi connectivity index (χ1n) is 12.1. The van der Waals surface area contributed by atoms with Crippen molar-refractivity contribution >= 4 is 18.9 Å². The fraction of sp³-hybridized carbons (Fsp3) is 0.667. The number of aryl methyl sites for hydroxylation is 1. The number of methoxy groups -OCH3 is 1. The molecule has 0 aromatic heterocycles. The number of aliphatic hydroxyl groups is 1. The molecule has 0 unspecified atom stereocenters. The quantitative estimate of drug-likeness (QED) is 0.459. The van der Waals surface area contributed by atoms with E-state index in [1.54, 1.807) is 13.8 Å². The van der Waals surface area contributed by atoms with Crippen LogP contribution in [0, 0.1) is 11.3 Å². The second-order valence-corrected chi connectivity index (χ2v) is 11.5. The van der Waals surface area contributed by atoms with E-state index in [1.807, 2.05) is 26.0 Å². The van der Waals surface area contributed by atoms with Crippen LogP contribution in [-0.4, -0.2) is 36.9 Å². The third kappa shape index (κ3) is 5.48. The van der Waals surface area contributed by atoms with Gasteiger partial charge >= 0.3 is 13.5 Å². The van der Waals surface area contributed by atoms with E-state index in [9.17, 15) is 9.90 Å². The van der Waals surface area contributed by atoms with Gasteiger partial charge in [0.2, 0.25) is 0 Å². The fourth-order valence-corrected chi connectivity index (χ4v) is 4.93. The summed E-state index contributed by atoms with van der Waals surface area (Å²) in [5.41, 5.74) is 4.57. The van der Waals surface area contributed by atoms with Crippen molar-refractivity contribution in [3.05, 3.63) is 40.5 Å². The maximum atomic E-state index is 12.1. The summed E-state index contributed by atoms with van der Waals surface area (Å²) >= 11 is 0. The van der Waals surface area contributed by atoms with E-state index in [0.29, 0.717) is 24.4 Å². The predicted octanol–water partition coefficient (Wildman–Crippen LogP) is 5.65. The van der Waals surface area contributed by atoms with Crippen molar-refractivity contribution in [1.29, 1.82) is 0 Å². The molecule has 0 aliphatic heterocycles. The number of carbonyl (C=O) groups is 1. The van der Waals surface area contributed by atoms with E-state index in [2.05, 4.69) is 19.9 Å². The molecule has 4 nitrogen and oxygen atoms in total. The molecule has 0 spiro atoms. The van der Waals surface area contributed by atoms with E-state index in [4.69, 9.17) is 9.39 Å². The van der Waals surface area contributed by atoms with Gasteiger partial charge in [0.25, 0.3) is 0 Å². The number of rotatable bonds is 6. The van der Waals surface area contributed by atoms with Crippen LogP contribution in [0.4, 0.5) is 0 Å². The van der Waals surface area contributed by atoms with Crippen LogP contribution in [0.25, 0.3) is 5.47 Å². The number of fused-ring (bicyclic) bond motifs is 1. The van der Waals surface area contributed by atoms with Gasteiger partial charge in [-0.3, -0.25) is 0 Å². The van der Waals surface area contributed by atoms with Crippen LogP contribution < -0.4 is 0 Å². The average molecular weight is 440 g/mol. The summed E-state index contributed by atoms with van der Waals surface area (Å²) in [6, 6.07) is 5.95. The predicted molar refractivity (Wildman–Crippen MR) is 132 cm³/mol. The molecule has 1 saturated carbocycles. The summed E-state index contributed by atoms with van der Waals surface area (Å²) in [7, 11) is 1.89. The Morgan fingerprint density at radius 3 is 2.38 bits per heavy atom. The molecule has 1 aromatic carbocycles. The molecule has 176 valence electrons. The standard InChI is InChI=1S/C27H41BO4/c1-25(2)15-13-18(14-16-25)21-10-8-9-19-17-20(24(29)31-7)11-12-22(19)23(21)28-32-27(5,6)26(3,4)30/h11-12,17-18,28,30H,8-10,13-16H2,1-7H3. The van der Waals surface area contributed by atoms with Crippen LogP contribution in [0.2, 0.25) is 0 Å². The summed E-state index contributed by atoms with van der Waals surface area (Å²) in [5.74, 6) is 0.287. The van der Waals surface area contributed by atoms with E-state index in [0.717, 1.165) is 19.3 Å². The first-order valence-corrected chi connectivity index (χ1v) is 12.1. The molecule has 1 N–H and O–H groups in total. The van der Waals surface area contributed by atoms with Crippen molar-refractivity contribution in [2.45, 2.75) is 97.7 Å². The largest absolute Gasteiger partial charge is 0.465 e. The summed E-state index contributed by atoms with van der Waals surface area (Å²) in [5, 5.41) is 10.6. The zero-order chi connectivity index (χ0) is 23.7. The average Bonchev–Trinajstić information content (AvgIpc) is 2.89. The monoisotopic (exact) mass is 440 g/mol. The third-order valence-corrected chi connectivity index (χ3v) is 8.01. The topological polar surface area (TPSA) is 55.8 Å².